The van der Waals surface area contributed by atoms with Crippen molar-refractivity contribution in [3.05, 3.63) is 30.6 Å². The Morgan fingerprint density at radius 1 is 1.19 bits per heavy atom. The normalized spacial score (nSPS) is 22.0. The van der Waals surface area contributed by atoms with Crippen LogP contribution < -0.4 is 5.32 Å². The number of imide groups is 1. The zero-order chi connectivity index (χ0) is 19.1. The highest BCUT2D eigenvalue weighted by Crippen LogP contribution is 2.34. The number of nitrogens with zero attached hydrogens (tertiary/aromatic N) is 4. The van der Waals surface area contributed by atoms with Gasteiger partial charge in [-0.15, -0.1) is 0 Å². The van der Waals surface area contributed by atoms with E-state index in [0.29, 0.717) is 18.5 Å². The van der Waals surface area contributed by atoms with E-state index < -0.39 is 5.91 Å². The summed E-state index contributed by atoms with van der Waals surface area (Å²) in [5.41, 5.74) is 1.25. The number of hydrogen-bond acceptors (Lipinski definition) is 5. The third kappa shape index (κ3) is 3.01. The summed E-state index contributed by atoms with van der Waals surface area (Å²) < 4.78 is 1.80. The zero-order valence-electron chi connectivity index (χ0n) is 15.3. The molecule has 2 aliphatic rings. The van der Waals surface area contributed by atoms with E-state index in [2.05, 4.69) is 15.4 Å². The molecule has 0 bridgehead atoms. The van der Waals surface area contributed by atoms with Gasteiger partial charge in [0.2, 0.25) is 17.7 Å². The highest BCUT2D eigenvalue weighted by Gasteiger charge is 2.47. The third-order valence-electron chi connectivity index (χ3n) is 5.11. The molecule has 4 rings (SSSR count). The number of carbonyl (C=O) groups excluding carboxylic acids is 3. The second-order valence-corrected chi connectivity index (χ2v) is 7.29. The van der Waals surface area contributed by atoms with Crippen LogP contribution in [0.1, 0.15) is 32.7 Å². The van der Waals surface area contributed by atoms with Crippen LogP contribution in [0.25, 0.3) is 11.0 Å². The van der Waals surface area contributed by atoms with Crippen LogP contribution in [0.15, 0.2) is 30.6 Å². The number of fused-ring (bicyclic) bond motifs is 2. The van der Waals surface area contributed by atoms with Gasteiger partial charge in [0.1, 0.15) is 6.54 Å². The van der Waals surface area contributed by atoms with Crippen molar-refractivity contribution in [2.24, 2.45) is 11.8 Å². The molecule has 3 amide bonds. The lowest BCUT2D eigenvalue weighted by molar-refractivity contribution is -0.142. The van der Waals surface area contributed by atoms with E-state index in [1.165, 1.54) is 0 Å². The maximum atomic E-state index is 12.4. The average Bonchev–Trinajstić information content (AvgIpc) is 3.17. The van der Waals surface area contributed by atoms with E-state index in [-0.39, 0.29) is 36.2 Å². The molecule has 0 radical (unpaired) electrons. The lowest BCUT2D eigenvalue weighted by Gasteiger charge is -2.14. The first-order valence-corrected chi connectivity index (χ1v) is 9.09. The molecule has 8 heteroatoms. The summed E-state index contributed by atoms with van der Waals surface area (Å²) in [5.74, 6) is -1.57. The smallest absolute Gasteiger partial charge is 0.244 e. The average molecular weight is 367 g/mol. The van der Waals surface area contributed by atoms with Crippen molar-refractivity contribution in [3.8, 4) is 0 Å². The van der Waals surface area contributed by atoms with Gasteiger partial charge in [0.15, 0.2) is 5.65 Å². The molecule has 1 aliphatic heterocycles. The number of nitrogens with one attached hydrogen (secondary N) is 1. The Kier molecular flexibility index (Phi) is 4.25. The number of pyridine rings is 1. The van der Waals surface area contributed by atoms with E-state index in [1.54, 1.807) is 23.1 Å². The number of anilines is 1. The number of likely N-dealkylation sites (tertiary alicyclic amines) is 1. The Morgan fingerprint density at radius 2 is 1.85 bits per heavy atom. The van der Waals surface area contributed by atoms with Crippen molar-refractivity contribution in [1.82, 2.24) is 19.7 Å². The number of carbonyl (C=O) groups is 3. The number of aromatic nitrogens is 3. The maximum Gasteiger partial charge on any atom is 0.244 e. The fourth-order valence-electron chi connectivity index (χ4n) is 3.76. The van der Waals surface area contributed by atoms with Gasteiger partial charge in [0.05, 0.1) is 29.9 Å². The Balaban J connectivity index is 1.46. The van der Waals surface area contributed by atoms with Crippen molar-refractivity contribution in [3.63, 3.8) is 0 Å². The van der Waals surface area contributed by atoms with E-state index >= 15 is 0 Å². The molecule has 1 fully saturated rings. The van der Waals surface area contributed by atoms with Gasteiger partial charge in [-0.2, -0.15) is 5.10 Å². The molecule has 3 heterocycles. The Morgan fingerprint density at radius 3 is 2.48 bits per heavy atom. The lowest BCUT2D eigenvalue weighted by atomic mass is 9.85. The maximum absolute atomic E-state index is 12.4. The molecular weight excluding hydrogens is 346 g/mol. The van der Waals surface area contributed by atoms with Crippen LogP contribution in [0.5, 0.6) is 0 Å². The van der Waals surface area contributed by atoms with Gasteiger partial charge >= 0.3 is 0 Å². The van der Waals surface area contributed by atoms with Crippen LogP contribution in [0, 0.1) is 11.8 Å². The number of allylic oxidation sites excluding steroid dienone is 2. The van der Waals surface area contributed by atoms with Gasteiger partial charge in [-0.1, -0.05) is 12.2 Å². The van der Waals surface area contributed by atoms with Crippen molar-refractivity contribution in [1.29, 1.82) is 0 Å². The predicted octanol–water partition coefficient (Wildman–Crippen LogP) is 1.90. The van der Waals surface area contributed by atoms with E-state index in [1.807, 2.05) is 26.0 Å². The molecule has 0 spiro atoms. The number of amides is 3. The summed E-state index contributed by atoms with van der Waals surface area (Å²) >= 11 is 0. The molecule has 1 saturated heterocycles. The minimum absolute atomic E-state index is 0.181. The van der Waals surface area contributed by atoms with Gasteiger partial charge in [-0.3, -0.25) is 19.3 Å². The van der Waals surface area contributed by atoms with Gasteiger partial charge in [0.25, 0.3) is 0 Å². The topological polar surface area (TPSA) is 97.2 Å². The molecular formula is C19H21N5O3. The van der Waals surface area contributed by atoms with Crippen molar-refractivity contribution in [2.45, 2.75) is 32.7 Å². The molecule has 2 aromatic rings. The molecule has 2 unspecified atom stereocenters. The monoisotopic (exact) mass is 367 g/mol. The van der Waals surface area contributed by atoms with Crippen LogP contribution in [-0.2, 0) is 14.4 Å². The molecule has 0 aromatic carbocycles. The molecule has 8 nitrogen and oxygen atoms in total. The number of hydrogen-bond donors (Lipinski definition) is 1. The standard InChI is InChI=1S/C19H21N5O3/c1-11(2)24-17-12(8-21-24)7-13(9-20-17)22-16(25)10-23-18(26)14-5-3-4-6-15(14)19(23)27/h3-4,7-9,11,14-15H,5-6,10H2,1-2H3,(H,22,25). The Labute approximate surface area is 156 Å². The second-order valence-electron chi connectivity index (χ2n) is 7.29. The fraction of sp³-hybridized carbons (Fsp3) is 0.421. The van der Waals surface area contributed by atoms with Crippen LogP contribution in [0.4, 0.5) is 5.69 Å². The van der Waals surface area contributed by atoms with E-state index in [4.69, 9.17) is 0 Å². The third-order valence-corrected chi connectivity index (χ3v) is 5.11. The van der Waals surface area contributed by atoms with E-state index in [9.17, 15) is 14.4 Å². The van der Waals surface area contributed by atoms with Crippen LogP contribution >= 0.6 is 0 Å². The van der Waals surface area contributed by atoms with Gasteiger partial charge < -0.3 is 5.32 Å². The minimum Gasteiger partial charge on any atom is -0.323 e. The summed E-state index contributed by atoms with van der Waals surface area (Å²) in [7, 11) is 0. The molecule has 2 aromatic heterocycles. The van der Waals surface area contributed by atoms with Gasteiger partial charge in [-0.05, 0) is 32.8 Å². The Hall–Kier alpha value is -3.03. The predicted molar refractivity (Wildman–Crippen MR) is 98.6 cm³/mol. The molecule has 140 valence electrons. The fourth-order valence-corrected chi connectivity index (χ4v) is 3.76. The second kappa shape index (κ2) is 6.61. The summed E-state index contributed by atoms with van der Waals surface area (Å²) in [6, 6.07) is 1.96. The van der Waals surface area contributed by atoms with Crippen LogP contribution in [0.3, 0.4) is 0 Å². The lowest BCUT2D eigenvalue weighted by Crippen LogP contribution is -2.38. The first-order valence-electron chi connectivity index (χ1n) is 9.09. The Bertz CT molecular complexity index is 935. The molecule has 1 aliphatic carbocycles. The quantitative estimate of drug-likeness (QED) is 0.657. The summed E-state index contributed by atoms with van der Waals surface area (Å²) in [6.07, 6.45) is 8.23. The van der Waals surface area contributed by atoms with Crippen molar-refractivity contribution < 1.29 is 14.4 Å². The molecule has 1 N–H and O–H groups in total. The van der Waals surface area contributed by atoms with Crippen molar-refractivity contribution >= 4 is 34.4 Å². The molecule has 0 saturated carbocycles. The highest BCUT2D eigenvalue weighted by molar-refractivity contribution is 6.09. The SMILES string of the molecule is CC(C)n1ncc2cc(NC(=O)CN3C(=O)C4CC=CCC4C3=O)cnc21. The minimum atomic E-state index is -0.416. The summed E-state index contributed by atoms with van der Waals surface area (Å²) in [5, 5.41) is 7.83. The van der Waals surface area contributed by atoms with Crippen LogP contribution in [0.2, 0.25) is 0 Å². The molecule has 27 heavy (non-hydrogen) atoms. The van der Waals surface area contributed by atoms with E-state index in [0.717, 1.165) is 15.9 Å². The largest absolute Gasteiger partial charge is 0.323 e. The first-order chi connectivity index (χ1) is 13.0. The molecule has 2 atom stereocenters. The first kappa shape index (κ1) is 17.4. The van der Waals surface area contributed by atoms with Crippen LogP contribution in [-0.4, -0.2) is 43.9 Å². The van der Waals surface area contributed by atoms with Crippen molar-refractivity contribution in [2.75, 3.05) is 11.9 Å². The number of rotatable bonds is 4. The van der Waals surface area contributed by atoms with Gasteiger partial charge in [-0.25, -0.2) is 9.67 Å². The highest BCUT2D eigenvalue weighted by atomic mass is 16.2. The summed E-state index contributed by atoms with van der Waals surface area (Å²) in [6.45, 7) is 3.76. The zero-order valence-corrected chi connectivity index (χ0v) is 15.3. The van der Waals surface area contributed by atoms with Gasteiger partial charge in [0, 0.05) is 11.4 Å². The summed E-state index contributed by atoms with van der Waals surface area (Å²) in [4.78, 5) is 42.7.